The third kappa shape index (κ3) is 5.12. The molecule has 0 bridgehead atoms. The molecule has 1 amide bonds. The van der Waals surface area contributed by atoms with Crippen molar-refractivity contribution in [1.29, 1.82) is 0 Å². The van der Waals surface area contributed by atoms with Crippen LogP contribution in [0.3, 0.4) is 0 Å². The number of piperidine rings is 1. The van der Waals surface area contributed by atoms with Crippen molar-refractivity contribution in [1.82, 2.24) is 9.62 Å². The minimum Gasteiger partial charge on any atom is -0.497 e. The molecule has 8 heteroatoms. The fourth-order valence-electron chi connectivity index (χ4n) is 3.49. The van der Waals surface area contributed by atoms with Gasteiger partial charge in [-0.2, -0.15) is 4.31 Å². The molecule has 0 spiro atoms. The summed E-state index contributed by atoms with van der Waals surface area (Å²) in [6, 6.07) is 12.1. The van der Waals surface area contributed by atoms with Crippen LogP contribution in [-0.4, -0.2) is 52.5 Å². The molecule has 30 heavy (non-hydrogen) atoms. The van der Waals surface area contributed by atoms with Crippen LogP contribution in [-0.2, 0) is 16.4 Å². The molecule has 1 N–H and O–H groups in total. The number of nitrogens with zero attached hydrogens (tertiary/aromatic N) is 1. The first-order valence-corrected chi connectivity index (χ1v) is 11.5. The van der Waals surface area contributed by atoms with E-state index in [2.05, 4.69) is 5.32 Å². The van der Waals surface area contributed by atoms with Crippen LogP contribution < -0.4 is 14.8 Å². The van der Waals surface area contributed by atoms with Crippen LogP contribution >= 0.6 is 0 Å². The fourth-order valence-corrected chi connectivity index (χ4v) is 5.03. The molecule has 2 aromatic carbocycles. The number of hydrogen-bond donors (Lipinski definition) is 1. The van der Waals surface area contributed by atoms with Crippen molar-refractivity contribution >= 4 is 15.9 Å². The number of ether oxygens (including phenoxy) is 2. The number of sulfonamides is 1. The molecule has 3 rings (SSSR count). The van der Waals surface area contributed by atoms with Gasteiger partial charge in [-0.15, -0.1) is 0 Å². The van der Waals surface area contributed by atoms with Gasteiger partial charge >= 0.3 is 0 Å². The second-order valence-corrected chi connectivity index (χ2v) is 9.12. The topological polar surface area (TPSA) is 84.9 Å². The first-order valence-electron chi connectivity index (χ1n) is 10.0. The summed E-state index contributed by atoms with van der Waals surface area (Å²) in [6.45, 7) is 1.44. The van der Waals surface area contributed by atoms with E-state index in [0.29, 0.717) is 31.8 Å². The highest BCUT2D eigenvalue weighted by molar-refractivity contribution is 7.89. The highest BCUT2D eigenvalue weighted by Crippen LogP contribution is 2.26. The first kappa shape index (κ1) is 22.1. The maximum absolute atomic E-state index is 13.0. The lowest BCUT2D eigenvalue weighted by atomic mass is 10.1. The lowest BCUT2D eigenvalue weighted by Crippen LogP contribution is -2.35. The van der Waals surface area contributed by atoms with Crippen LogP contribution in [0, 0.1) is 0 Å². The fraction of sp³-hybridized carbons (Fsp3) is 0.409. The zero-order valence-corrected chi connectivity index (χ0v) is 18.2. The largest absolute Gasteiger partial charge is 0.497 e. The average Bonchev–Trinajstić information content (AvgIpc) is 2.79. The van der Waals surface area contributed by atoms with Crippen molar-refractivity contribution < 1.29 is 22.7 Å². The minimum atomic E-state index is -3.63. The molecule has 0 atom stereocenters. The van der Waals surface area contributed by atoms with Crippen molar-refractivity contribution in [3.05, 3.63) is 53.6 Å². The van der Waals surface area contributed by atoms with Crippen molar-refractivity contribution in [2.75, 3.05) is 33.9 Å². The number of nitrogens with one attached hydrogen (secondary N) is 1. The van der Waals surface area contributed by atoms with Crippen LogP contribution in [0.2, 0.25) is 0 Å². The van der Waals surface area contributed by atoms with Gasteiger partial charge in [0.15, 0.2) is 0 Å². The summed E-state index contributed by atoms with van der Waals surface area (Å²) >= 11 is 0. The molecule has 1 heterocycles. The normalized spacial score (nSPS) is 14.9. The summed E-state index contributed by atoms with van der Waals surface area (Å²) in [5, 5.41) is 2.85. The molecule has 1 saturated heterocycles. The van der Waals surface area contributed by atoms with E-state index >= 15 is 0 Å². The van der Waals surface area contributed by atoms with Crippen LogP contribution in [0.15, 0.2) is 47.4 Å². The van der Waals surface area contributed by atoms with Crippen LogP contribution in [0.4, 0.5) is 0 Å². The quantitative estimate of drug-likeness (QED) is 0.693. The van der Waals surface area contributed by atoms with Gasteiger partial charge in [-0.05, 0) is 55.2 Å². The Morgan fingerprint density at radius 2 is 1.70 bits per heavy atom. The standard InChI is InChI=1S/C22H28N2O5S/c1-28-18-8-6-17(7-9-18)12-13-23-22(25)20-16-19(10-11-21(20)29-2)30(26,27)24-14-4-3-5-15-24/h6-11,16H,3-5,12-15H2,1-2H3,(H,23,25). The molecule has 0 aromatic heterocycles. The summed E-state index contributed by atoms with van der Waals surface area (Å²) in [5.74, 6) is 0.754. The van der Waals surface area contributed by atoms with E-state index in [4.69, 9.17) is 9.47 Å². The lowest BCUT2D eigenvalue weighted by Gasteiger charge is -2.26. The van der Waals surface area contributed by atoms with Gasteiger partial charge in [-0.1, -0.05) is 18.6 Å². The Hall–Kier alpha value is -2.58. The molecule has 162 valence electrons. The molecule has 2 aromatic rings. The third-order valence-electron chi connectivity index (χ3n) is 5.23. The maximum atomic E-state index is 13.0. The van der Waals surface area contributed by atoms with Gasteiger partial charge in [0.05, 0.1) is 24.7 Å². The second-order valence-electron chi connectivity index (χ2n) is 7.18. The number of benzene rings is 2. The van der Waals surface area contributed by atoms with E-state index in [0.717, 1.165) is 30.6 Å². The molecule has 0 saturated carbocycles. The van der Waals surface area contributed by atoms with Crippen LogP contribution in [0.5, 0.6) is 11.5 Å². The molecular formula is C22H28N2O5S. The molecule has 0 aliphatic carbocycles. The maximum Gasteiger partial charge on any atom is 0.255 e. The van der Waals surface area contributed by atoms with Crippen molar-refractivity contribution in [2.45, 2.75) is 30.6 Å². The number of carbonyl (C=O) groups excluding carboxylic acids is 1. The van der Waals surface area contributed by atoms with E-state index in [9.17, 15) is 13.2 Å². The number of carbonyl (C=O) groups is 1. The Morgan fingerprint density at radius 1 is 1.00 bits per heavy atom. The molecule has 1 aliphatic rings. The van der Waals surface area contributed by atoms with Gasteiger partial charge in [-0.25, -0.2) is 8.42 Å². The SMILES string of the molecule is COc1ccc(CCNC(=O)c2cc(S(=O)(=O)N3CCCCC3)ccc2OC)cc1. The molecule has 0 unspecified atom stereocenters. The summed E-state index contributed by atoms with van der Waals surface area (Å²) < 4.78 is 37.8. The van der Waals surface area contributed by atoms with Gasteiger partial charge in [0.25, 0.3) is 5.91 Å². The number of rotatable bonds is 8. The van der Waals surface area contributed by atoms with E-state index in [1.165, 1.54) is 29.6 Å². The zero-order valence-electron chi connectivity index (χ0n) is 17.4. The Labute approximate surface area is 178 Å². The van der Waals surface area contributed by atoms with Gasteiger partial charge in [0, 0.05) is 19.6 Å². The summed E-state index contributed by atoms with van der Waals surface area (Å²) in [7, 11) is -0.553. The predicted octanol–water partition coefficient (Wildman–Crippen LogP) is 2.85. The molecular weight excluding hydrogens is 404 g/mol. The van der Waals surface area contributed by atoms with Crippen molar-refractivity contribution in [3.63, 3.8) is 0 Å². The molecule has 1 fully saturated rings. The molecule has 0 radical (unpaired) electrons. The van der Waals surface area contributed by atoms with Crippen LogP contribution in [0.1, 0.15) is 35.2 Å². The van der Waals surface area contributed by atoms with Gasteiger partial charge < -0.3 is 14.8 Å². The van der Waals surface area contributed by atoms with E-state index in [1.54, 1.807) is 7.11 Å². The van der Waals surface area contributed by atoms with E-state index < -0.39 is 10.0 Å². The Kier molecular flexibility index (Phi) is 7.33. The Bertz CT molecular complexity index is 968. The van der Waals surface area contributed by atoms with Crippen molar-refractivity contribution in [3.8, 4) is 11.5 Å². The van der Waals surface area contributed by atoms with Gasteiger partial charge in [0.1, 0.15) is 11.5 Å². The van der Waals surface area contributed by atoms with Gasteiger partial charge in [0.2, 0.25) is 10.0 Å². The summed E-state index contributed by atoms with van der Waals surface area (Å²) in [6.07, 6.45) is 3.39. The monoisotopic (exact) mass is 432 g/mol. The lowest BCUT2D eigenvalue weighted by molar-refractivity contribution is 0.0951. The Balaban J connectivity index is 1.71. The van der Waals surface area contributed by atoms with E-state index in [1.807, 2.05) is 24.3 Å². The highest BCUT2D eigenvalue weighted by atomic mass is 32.2. The average molecular weight is 433 g/mol. The number of amides is 1. The van der Waals surface area contributed by atoms with Crippen LogP contribution in [0.25, 0.3) is 0 Å². The number of methoxy groups -OCH3 is 2. The second kappa shape index (κ2) is 9.95. The summed E-state index contributed by atoms with van der Waals surface area (Å²) in [4.78, 5) is 12.9. The summed E-state index contributed by atoms with van der Waals surface area (Å²) in [5.41, 5.74) is 1.27. The van der Waals surface area contributed by atoms with Gasteiger partial charge in [-0.3, -0.25) is 4.79 Å². The predicted molar refractivity (Wildman–Crippen MR) is 115 cm³/mol. The third-order valence-corrected chi connectivity index (χ3v) is 7.12. The first-order chi connectivity index (χ1) is 14.5. The minimum absolute atomic E-state index is 0.116. The zero-order chi connectivity index (χ0) is 21.6. The Morgan fingerprint density at radius 3 is 2.33 bits per heavy atom. The molecule has 1 aliphatic heterocycles. The number of hydrogen-bond acceptors (Lipinski definition) is 5. The van der Waals surface area contributed by atoms with E-state index in [-0.39, 0.29) is 16.4 Å². The highest BCUT2D eigenvalue weighted by Gasteiger charge is 2.27. The smallest absolute Gasteiger partial charge is 0.255 e. The molecule has 7 nitrogen and oxygen atoms in total. The van der Waals surface area contributed by atoms with Crippen molar-refractivity contribution in [2.24, 2.45) is 0 Å².